The van der Waals surface area contributed by atoms with Gasteiger partial charge in [0, 0.05) is 12.0 Å². The Hall–Kier alpha value is -1.44. The minimum atomic E-state index is -0.397. The maximum atomic E-state index is 12.1. The van der Waals surface area contributed by atoms with Gasteiger partial charge in [-0.25, -0.2) is 0 Å². The monoisotopic (exact) mass is 216 g/mol. The Morgan fingerprint density at radius 1 is 1.25 bits per heavy atom. The van der Waals surface area contributed by atoms with Crippen molar-refractivity contribution in [2.24, 2.45) is 11.8 Å². The highest BCUT2D eigenvalue weighted by atomic mass is 16.1. The molecule has 0 bridgehead atoms. The minimum Gasteiger partial charge on any atom is -0.299 e. The second-order valence-electron chi connectivity index (χ2n) is 4.63. The molecule has 0 heterocycles. The van der Waals surface area contributed by atoms with Crippen LogP contribution < -0.4 is 0 Å². The van der Waals surface area contributed by atoms with Gasteiger partial charge in [-0.3, -0.25) is 9.59 Å². The average Bonchev–Trinajstić information content (AvgIpc) is 2.32. The normalized spacial score (nSPS) is 25.4. The molecule has 1 aliphatic carbocycles. The molecule has 1 fully saturated rings. The smallest absolute Gasteiger partial charge is 0.173 e. The van der Waals surface area contributed by atoms with E-state index in [-0.39, 0.29) is 11.6 Å². The van der Waals surface area contributed by atoms with Crippen molar-refractivity contribution in [2.45, 2.75) is 26.2 Å². The molecule has 0 radical (unpaired) electrons. The molecule has 84 valence electrons. The SMILES string of the molecule is CC1CCC(=O)C(C(=O)c2ccccc2)C1. The van der Waals surface area contributed by atoms with Crippen molar-refractivity contribution >= 4 is 11.6 Å². The Morgan fingerprint density at radius 3 is 2.62 bits per heavy atom. The van der Waals surface area contributed by atoms with Crippen LogP contribution in [0.4, 0.5) is 0 Å². The largest absolute Gasteiger partial charge is 0.299 e. The zero-order valence-electron chi connectivity index (χ0n) is 9.48. The molecule has 1 saturated carbocycles. The molecule has 0 saturated heterocycles. The lowest BCUT2D eigenvalue weighted by atomic mass is 9.78. The summed E-state index contributed by atoms with van der Waals surface area (Å²) in [5.41, 5.74) is 0.662. The van der Waals surface area contributed by atoms with Crippen molar-refractivity contribution in [1.82, 2.24) is 0 Å². The topological polar surface area (TPSA) is 34.1 Å². The molecule has 1 aromatic carbocycles. The maximum absolute atomic E-state index is 12.1. The fourth-order valence-corrected chi connectivity index (χ4v) is 2.27. The summed E-state index contributed by atoms with van der Waals surface area (Å²) in [6, 6.07) is 9.12. The van der Waals surface area contributed by atoms with Gasteiger partial charge in [0.25, 0.3) is 0 Å². The van der Waals surface area contributed by atoms with Gasteiger partial charge < -0.3 is 0 Å². The van der Waals surface area contributed by atoms with Crippen molar-refractivity contribution in [3.63, 3.8) is 0 Å². The fourth-order valence-electron chi connectivity index (χ4n) is 2.27. The van der Waals surface area contributed by atoms with Crippen molar-refractivity contribution in [3.8, 4) is 0 Å². The minimum absolute atomic E-state index is 0.00264. The van der Waals surface area contributed by atoms with E-state index in [1.807, 2.05) is 18.2 Å². The number of benzene rings is 1. The van der Waals surface area contributed by atoms with E-state index in [4.69, 9.17) is 0 Å². The molecule has 2 atom stereocenters. The van der Waals surface area contributed by atoms with E-state index in [0.717, 1.165) is 6.42 Å². The Balaban J connectivity index is 2.18. The van der Waals surface area contributed by atoms with Gasteiger partial charge in [-0.05, 0) is 18.8 Å². The number of carbonyl (C=O) groups is 2. The standard InChI is InChI=1S/C14H16O2/c1-10-7-8-13(15)12(9-10)14(16)11-5-3-2-4-6-11/h2-6,10,12H,7-9H2,1H3. The fraction of sp³-hybridized carbons (Fsp3) is 0.429. The molecular formula is C14H16O2. The third-order valence-electron chi connectivity index (χ3n) is 3.29. The van der Waals surface area contributed by atoms with Crippen molar-refractivity contribution in [2.75, 3.05) is 0 Å². The molecular weight excluding hydrogens is 200 g/mol. The van der Waals surface area contributed by atoms with Crippen LogP contribution in [0.1, 0.15) is 36.5 Å². The van der Waals surface area contributed by atoms with E-state index >= 15 is 0 Å². The number of Topliss-reactive ketones (excluding diaryl/α,β-unsaturated/α-hetero) is 2. The molecule has 1 aliphatic rings. The molecule has 0 N–H and O–H groups in total. The van der Waals surface area contributed by atoms with Gasteiger partial charge in [0.15, 0.2) is 5.78 Å². The van der Waals surface area contributed by atoms with Crippen LogP contribution in [0.2, 0.25) is 0 Å². The first kappa shape index (κ1) is 11.1. The van der Waals surface area contributed by atoms with Crippen LogP contribution in [0.3, 0.4) is 0 Å². The van der Waals surface area contributed by atoms with Gasteiger partial charge in [-0.15, -0.1) is 0 Å². The number of carbonyl (C=O) groups excluding carboxylic acids is 2. The van der Waals surface area contributed by atoms with Crippen LogP contribution in [0.5, 0.6) is 0 Å². The Morgan fingerprint density at radius 2 is 1.94 bits per heavy atom. The predicted octanol–water partition coefficient (Wildman–Crippen LogP) is 2.87. The summed E-state index contributed by atoms with van der Waals surface area (Å²) in [5.74, 6) is 0.200. The molecule has 16 heavy (non-hydrogen) atoms. The predicted molar refractivity (Wildman–Crippen MR) is 62.3 cm³/mol. The molecule has 2 heteroatoms. The van der Waals surface area contributed by atoms with E-state index in [1.165, 1.54) is 0 Å². The number of rotatable bonds is 2. The van der Waals surface area contributed by atoms with Gasteiger partial charge in [-0.1, -0.05) is 37.3 Å². The van der Waals surface area contributed by atoms with Crippen molar-refractivity contribution < 1.29 is 9.59 Å². The summed E-state index contributed by atoms with van der Waals surface area (Å²) >= 11 is 0. The lowest BCUT2D eigenvalue weighted by molar-refractivity contribution is -0.123. The quantitative estimate of drug-likeness (QED) is 0.562. The molecule has 2 rings (SSSR count). The summed E-state index contributed by atoms with van der Waals surface area (Å²) < 4.78 is 0. The highest BCUT2D eigenvalue weighted by Gasteiger charge is 2.32. The third-order valence-corrected chi connectivity index (χ3v) is 3.29. The summed E-state index contributed by atoms with van der Waals surface area (Å²) in [7, 11) is 0. The maximum Gasteiger partial charge on any atom is 0.173 e. The average molecular weight is 216 g/mol. The second kappa shape index (κ2) is 4.60. The van der Waals surface area contributed by atoms with Crippen LogP contribution in [-0.4, -0.2) is 11.6 Å². The summed E-state index contributed by atoms with van der Waals surface area (Å²) in [6.07, 6.45) is 2.20. The zero-order chi connectivity index (χ0) is 11.5. The lowest BCUT2D eigenvalue weighted by Gasteiger charge is -2.24. The van der Waals surface area contributed by atoms with E-state index < -0.39 is 5.92 Å². The van der Waals surface area contributed by atoms with Gasteiger partial charge >= 0.3 is 0 Å². The number of hydrogen-bond donors (Lipinski definition) is 0. The first-order valence-electron chi connectivity index (χ1n) is 5.80. The van der Waals surface area contributed by atoms with Crippen LogP contribution in [0.25, 0.3) is 0 Å². The highest BCUT2D eigenvalue weighted by Crippen LogP contribution is 2.28. The van der Waals surface area contributed by atoms with Crippen LogP contribution >= 0.6 is 0 Å². The first-order chi connectivity index (χ1) is 7.68. The highest BCUT2D eigenvalue weighted by molar-refractivity contribution is 6.10. The van der Waals surface area contributed by atoms with E-state index in [1.54, 1.807) is 12.1 Å². The number of hydrogen-bond acceptors (Lipinski definition) is 2. The summed E-state index contributed by atoms with van der Waals surface area (Å²) in [4.78, 5) is 23.9. The Bertz CT molecular complexity index is 394. The van der Waals surface area contributed by atoms with E-state index in [9.17, 15) is 9.59 Å². The molecule has 0 amide bonds. The van der Waals surface area contributed by atoms with Crippen LogP contribution in [-0.2, 0) is 4.79 Å². The Labute approximate surface area is 95.7 Å². The van der Waals surface area contributed by atoms with E-state index in [0.29, 0.717) is 24.3 Å². The molecule has 0 aromatic heterocycles. The van der Waals surface area contributed by atoms with Gasteiger partial charge in [0.2, 0.25) is 0 Å². The molecule has 2 nitrogen and oxygen atoms in total. The molecule has 2 unspecified atom stereocenters. The molecule has 0 aliphatic heterocycles. The van der Waals surface area contributed by atoms with Crippen molar-refractivity contribution in [3.05, 3.63) is 35.9 Å². The summed E-state index contributed by atoms with van der Waals surface area (Å²) in [6.45, 7) is 2.11. The first-order valence-corrected chi connectivity index (χ1v) is 5.80. The van der Waals surface area contributed by atoms with Crippen LogP contribution in [0, 0.1) is 11.8 Å². The zero-order valence-corrected chi connectivity index (χ0v) is 9.48. The third kappa shape index (κ3) is 2.21. The van der Waals surface area contributed by atoms with Crippen molar-refractivity contribution in [1.29, 1.82) is 0 Å². The van der Waals surface area contributed by atoms with Gasteiger partial charge in [-0.2, -0.15) is 0 Å². The van der Waals surface area contributed by atoms with Gasteiger partial charge in [0.05, 0.1) is 5.92 Å². The van der Waals surface area contributed by atoms with Crippen LogP contribution in [0.15, 0.2) is 30.3 Å². The number of ketones is 2. The second-order valence-corrected chi connectivity index (χ2v) is 4.63. The molecule has 0 spiro atoms. The lowest BCUT2D eigenvalue weighted by Crippen LogP contribution is -2.30. The Kier molecular flexibility index (Phi) is 3.18. The van der Waals surface area contributed by atoms with Gasteiger partial charge in [0.1, 0.15) is 5.78 Å². The molecule has 1 aromatic rings. The van der Waals surface area contributed by atoms with E-state index in [2.05, 4.69) is 6.92 Å². The summed E-state index contributed by atoms with van der Waals surface area (Å²) in [5, 5.41) is 0.